The summed E-state index contributed by atoms with van der Waals surface area (Å²) < 4.78 is 13.2. The van der Waals surface area contributed by atoms with Crippen LogP contribution in [0.1, 0.15) is 28.7 Å². The molecule has 5 nitrogen and oxygen atoms in total. The van der Waals surface area contributed by atoms with Crippen molar-refractivity contribution in [3.8, 4) is 0 Å². The van der Waals surface area contributed by atoms with E-state index in [2.05, 4.69) is 21.4 Å². The molecule has 3 atom stereocenters. The Morgan fingerprint density at radius 2 is 2.29 bits per heavy atom. The average Bonchev–Trinajstić information content (AvgIpc) is 2.63. The topological polar surface area (TPSA) is 72.3 Å². The first-order valence-corrected chi connectivity index (χ1v) is 5.11. The second-order valence-corrected chi connectivity index (χ2v) is 3.77. The Hall–Kier alpha value is -1.66. The second kappa shape index (κ2) is 4.68. The van der Waals surface area contributed by atoms with E-state index >= 15 is 0 Å². The predicted octanol–water partition coefficient (Wildman–Crippen LogP) is 1.73. The van der Waals surface area contributed by atoms with Gasteiger partial charge in [-0.3, -0.25) is 15.0 Å². The van der Waals surface area contributed by atoms with E-state index in [1.165, 1.54) is 12.4 Å². The molecule has 1 aromatic rings. The third-order valence-electron chi connectivity index (χ3n) is 2.78. The van der Waals surface area contributed by atoms with Gasteiger partial charge in [0.25, 0.3) is 0 Å². The van der Waals surface area contributed by atoms with E-state index < -0.39 is 18.2 Å². The van der Waals surface area contributed by atoms with Crippen LogP contribution < -0.4 is 0 Å². The smallest absolute Gasteiger partial charge is 0.189 e. The molecule has 0 saturated heterocycles. The fourth-order valence-corrected chi connectivity index (χ4v) is 1.94. The van der Waals surface area contributed by atoms with Crippen LogP contribution in [0, 0.1) is 5.92 Å². The van der Waals surface area contributed by atoms with Crippen LogP contribution in [0.15, 0.2) is 25.0 Å². The lowest BCUT2D eigenvalue weighted by atomic mass is 9.96. The van der Waals surface area contributed by atoms with Crippen LogP contribution in [0.25, 0.3) is 0 Å². The molecule has 1 N–H and O–H groups in total. The molecule has 17 heavy (non-hydrogen) atoms. The highest BCUT2D eigenvalue weighted by atomic mass is 19.1. The maximum Gasteiger partial charge on any atom is 0.189 e. The molecule has 90 valence electrons. The molecule has 6 heteroatoms. The molecule has 2 rings (SSSR count). The molecular weight excluding hydrogens is 227 g/mol. The molecule has 1 aromatic heterocycles. The van der Waals surface area contributed by atoms with E-state index in [0.29, 0.717) is 0 Å². The highest BCUT2D eigenvalue weighted by Gasteiger charge is 2.44. The molecule has 0 bridgehead atoms. The number of aromatic nitrogens is 2. The number of Topliss-reactive ketones (excluding diaryl/α,β-unsaturated/α-hetero) is 1. The first-order chi connectivity index (χ1) is 8.19. The minimum atomic E-state index is -1.34. The van der Waals surface area contributed by atoms with Gasteiger partial charge in [-0.25, -0.2) is 14.3 Å². The van der Waals surface area contributed by atoms with E-state index in [9.17, 15) is 9.18 Å². The highest BCUT2D eigenvalue weighted by molar-refractivity contribution is 6.00. The number of allylic oxidation sites excluding steroid dienone is 1. The number of halogens is 1. The number of fused-ring (bicyclic) bond motifs is 1. The van der Waals surface area contributed by atoms with Gasteiger partial charge in [-0.05, 0) is 6.42 Å². The van der Waals surface area contributed by atoms with E-state index in [0.717, 1.165) is 6.08 Å². The average molecular weight is 238 g/mol. The normalized spacial score (nSPS) is 24.5. The van der Waals surface area contributed by atoms with Crippen LogP contribution in [-0.4, -0.2) is 27.2 Å². The molecule has 0 aromatic carbocycles. The first kappa shape index (κ1) is 11.8. The summed E-state index contributed by atoms with van der Waals surface area (Å²) in [6.45, 7) is 3.31. The molecule has 0 saturated carbocycles. The van der Waals surface area contributed by atoms with Crippen molar-refractivity contribution < 1.29 is 19.3 Å². The lowest BCUT2D eigenvalue weighted by Gasteiger charge is -2.15. The van der Waals surface area contributed by atoms with E-state index in [-0.39, 0.29) is 23.6 Å². The van der Waals surface area contributed by atoms with Crippen molar-refractivity contribution in [1.29, 1.82) is 0 Å². The molecule has 1 aliphatic carbocycles. The van der Waals surface area contributed by atoms with Crippen LogP contribution in [0.2, 0.25) is 0 Å². The Balaban J connectivity index is 2.32. The van der Waals surface area contributed by atoms with Gasteiger partial charge in [-0.1, -0.05) is 6.08 Å². The molecule has 0 radical (unpaired) electrons. The van der Waals surface area contributed by atoms with Gasteiger partial charge in [0.15, 0.2) is 5.78 Å². The van der Waals surface area contributed by atoms with Crippen molar-refractivity contribution in [3.05, 3.63) is 36.4 Å². The molecule has 0 aliphatic heterocycles. The Morgan fingerprint density at radius 1 is 1.59 bits per heavy atom. The third kappa shape index (κ3) is 1.96. The maximum absolute atomic E-state index is 13.2. The second-order valence-electron chi connectivity index (χ2n) is 3.77. The summed E-state index contributed by atoms with van der Waals surface area (Å²) in [6.07, 6.45) is 1.46. The maximum atomic E-state index is 13.2. The zero-order chi connectivity index (χ0) is 12.4. The van der Waals surface area contributed by atoms with Crippen molar-refractivity contribution in [2.24, 2.45) is 5.92 Å². The molecular formula is C11H11FN2O3. The molecule has 0 fully saturated rings. The van der Waals surface area contributed by atoms with E-state index in [1.54, 1.807) is 0 Å². The summed E-state index contributed by atoms with van der Waals surface area (Å²) in [4.78, 5) is 24.0. The number of rotatable bonds is 4. The first-order valence-electron chi connectivity index (χ1n) is 5.11. The van der Waals surface area contributed by atoms with Crippen LogP contribution in [-0.2, 0) is 4.89 Å². The number of alkyl halides is 1. The van der Waals surface area contributed by atoms with Crippen LogP contribution in [0.4, 0.5) is 4.39 Å². The van der Waals surface area contributed by atoms with Crippen molar-refractivity contribution in [2.75, 3.05) is 0 Å². The van der Waals surface area contributed by atoms with Gasteiger partial charge < -0.3 is 0 Å². The molecule has 1 heterocycles. The quantitative estimate of drug-likeness (QED) is 0.491. The highest BCUT2D eigenvalue weighted by Crippen LogP contribution is 2.38. The van der Waals surface area contributed by atoms with E-state index in [1.807, 2.05) is 0 Å². The number of nitrogens with zero attached hydrogens (tertiary/aromatic N) is 2. The Kier molecular flexibility index (Phi) is 3.26. The lowest BCUT2D eigenvalue weighted by Crippen LogP contribution is -2.19. The van der Waals surface area contributed by atoms with E-state index in [4.69, 9.17) is 5.26 Å². The summed E-state index contributed by atoms with van der Waals surface area (Å²) in [6, 6.07) is 0. The van der Waals surface area contributed by atoms with Gasteiger partial charge in [-0.15, -0.1) is 6.58 Å². The van der Waals surface area contributed by atoms with Crippen LogP contribution in [0.3, 0.4) is 0 Å². The van der Waals surface area contributed by atoms with Crippen molar-refractivity contribution in [1.82, 2.24) is 9.97 Å². The van der Waals surface area contributed by atoms with Crippen molar-refractivity contribution in [3.63, 3.8) is 0 Å². The standard InChI is InChI=1S/C11H11FN2O3/c1-2-6(12)5-7-10(15)8-9(11(7)17-16)14-4-3-13-8/h2-4,6-7,11,16H,1,5H2. The monoisotopic (exact) mass is 238 g/mol. The third-order valence-corrected chi connectivity index (χ3v) is 2.78. The van der Waals surface area contributed by atoms with Gasteiger partial charge >= 0.3 is 0 Å². The number of carbonyl (C=O) groups excluding carboxylic acids is 1. The van der Waals surface area contributed by atoms with Gasteiger partial charge in [-0.2, -0.15) is 0 Å². The zero-order valence-electron chi connectivity index (χ0n) is 8.91. The van der Waals surface area contributed by atoms with Gasteiger partial charge in [0.1, 0.15) is 23.7 Å². The SMILES string of the molecule is C=CC(F)CC1C(=O)c2nccnc2C1OO. The number of ketones is 1. The largest absolute Gasteiger partial charge is 0.292 e. The minimum Gasteiger partial charge on any atom is -0.292 e. The molecule has 3 unspecified atom stereocenters. The number of hydrogen-bond donors (Lipinski definition) is 1. The number of carbonyl (C=O) groups is 1. The fraction of sp³-hybridized carbons (Fsp3) is 0.364. The molecule has 1 aliphatic rings. The van der Waals surface area contributed by atoms with Crippen molar-refractivity contribution in [2.45, 2.75) is 18.7 Å². The van der Waals surface area contributed by atoms with Gasteiger partial charge in [0.05, 0.1) is 5.92 Å². The van der Waals surface area contributed by atoms with Crippen molar-refractivity contribution >= 4 is 5.78 Å². The lowest BCUT2D eigenvalue weighted by molar-refractivity contribution is -0.289. The van der Waals surface area contributed by atoms with Gasteiger partial charge in [0.2, 0.25) is 0 Å². The predicted molar refractivity (Wildman–Crippen MR) is 56.0 cm³/mol. The molecule has 0 amide bonds. The number of hydrogen-bond acceptors (Lipinski definition) is 5. The Labute approximate surface area is 96.9 Å². The summed E-state index contributed by atoms with van der Waals surface area (Å²) in [7, 11) is 0. The minimum absolute atomic E-state index is 0.106. The van der Waals surface area contributed by atoms with Crippen LogP contribution >= 0.6 is 0 Å². The van der Waals surface area contributed by atoms with Crippen LogP contribution in [0.5, 0.6) is 0 Å². The van der Waals surface area contributed by atoms with Gasteiger partial charge in [0, 0.05) is 12.4 Å². The molecule has 0 spiro atoms. The summed E-state index contributed by atoms with van der Waals surface area (Å²) in [5.41, 5.74) is 0.383. The fourth-order valence-electron chi connectivity index (χ4n) is 1.94. The Bertz CT molecular complexity index is 452. The summed E-state index contributed by atoms with van der Waals surface area (Å²) in [5, 5.41) is 8.82. The Morgan fingerprint density at radius 3 is 2.94 bits per heavy atom. The summed E-state index contributed by atoms with van der Waals surface area (Å²) >= 11 is 0. The summed E-state index contributed by atoms with van der Waals surface area (Å²) in [5.74, 6) is -1.18. The zero-order valence-corrected chi connectivity index (χ0v) is 8.91.